The second-order valence-electron chi connectivity index (χ2n) is 8.22. The highest BCUT2D eigenvalue weighted by Crippen LogP contribution is 2.28. The van der Waals surface area contributed by atoms with Gasteiger partial charge in [0.25, 0.3) is 0 Å². The number of H-pyrrole nitrogens is 1. The molecule has 6 heterocycles. The van der Waals surface area contributed by atoms with Crippen LogP contribution in [0.1, 0.15) is 30.7 Å². The van der Waals surface area contributed by atoms with Crippen molar-refractivity contribution in [3.8, 4) is 0 Å². The molecule has 2 bridgehead atoms. The second kappa shape index (κ2) is 6.76. The molecule has 4 saturated heterocycles. The highest BCUT2D eigenvalue weighted by atomic mass is 15.3. The first-order valence-corrected chi connectivity index (χ1v) is 10.0. The van der Waals surface area contributed by atoms with Crippen LogP contribution in [0.3, 0.4) is 0 Å². The van der Waals surface area contributed by atoms with E-state index in [2.05, 4.69) is 35.6 Å². The van der Waals surface area contributed by atoms with Crippen molar-refractivity contribution in [2.45, 2.75) is 51.2 Å². The second-order valence-corrected chi connectivity index (χ2v) is 8.22. The molecule has 8 nitrogen and oxygen atoms in total. The summed E-state index contributed by atoms with van der Waals surface area (Å²) in [6.45, 7) is 8.49. The number of hydrogen-bond donors (Lipinski definition) is 3. The molecule has 6 rings (SSSR count). The molecule has 2 aromatic heterocycles. The molecule has 3 N–H and O–H groups in total. The van der Waals surface area contributed by atoms with Crippen LogP contribution in [-0.2, 0) is 0 Å². The molecule has 0 amide bonds. The van der Waals surface area contributed by atoms with Crippen LogP contribution in [0.2, 0.25) is 0 Å². The first-order valence-electron chi connectivity index (χ1n) is 10.0. The largest absolute Gasteiger partial charge is 0.341 e. The quantitative estimate of drug-likeness (QED) is 0.755. The van der Waals surface area contributed by atoms with E-state index in [-0.39, 0.29) is 0 Å². The van der Waals surface area contributed by atoms with Crippen molar-refractivity contribution in [2.24, 2.45) is 0 Å². The fourth-order valence-electron chi connectivity index (χ4n) is 4.65. The highest BCUT2D eigenvalue weighted by molar-refractivity contribution is 5.54. The minimum absolute atomic E-state index is 0.711. The summed E-state index contributed by atoms with van der Waals surface area (Å²) in [5.41, 5.74) is 2.00. The van der Waals surface area contributed by atoms with E-state index in [0.29, 0.717) is 6.04 Å². The van der Waals surface area contributed by atoms with Gasteiger partial charge in [0.1, 0.15) is 5.82 Å². The number of fused-ring (bicyclic) bond motifs is 2. The number of hydrogen-bond acceptors (Lipinski definition) is 7. The molecule has 8 heteroatoms. The zero-order chi connectivity index (χ0) is 18.4. The molecule has 4 fully saturated rings. The number of nitrogens with zero attached hydrogens (tertiary/aromatic N) is 5. The summed E-state index contributed by atoms with van der Waals surface area (Å²) < 4.78 is 0. The van der Waals surface area contributed by atoms with E-state index in [9.17, 15) is 0 Å². The molecule has 0 aromatic carbocycles. The molecule has 2 atom stereocenters. The van der Waals surface area contributed by atoms with Crippen LogP contribution in [0.15, 0.2) is 12.1 Å². The zero-order valence-electron chi connectivity index (χ0n) is 16.1. The van der Waals surface area contributed by atoms with Crippen LogP contribution < -0.4 is 15.5 Å². The Hall–Kier alpha value is -2.19. The van der Waals surface area contributed by atoms with Gasteiger partial charge in [-0.05, 0) is 33.1 Å². The van der Waals surface area contributed by atoms with Crippen LogP contribution in [-0.4, -0.2) is 69.4 Å². The molecule has 144 valence electrons. The average Bonchev–Trinajstić information content (AvgIpc) is 3.05. The molecule has 0 radical (unpaired) electrons. The summed E-state index contributed by atoms with van der Waals surface area (Å²) in [4.78, 5) is 14.5. The normalized spacial score (nSPS) is 26.1. The minimum Gasteiger partial charge on any atom is -0.341 e. The van der Waals surface area contributed by atoms with Crippen molar-refractivity contribution in [2.75, 3.05) is 36.4 Å². The van der Waals surface area contributed by atoms with Gasteiger partial charge in [0.05, 0.1) is 0 Å². The lowest BCUT2D eigenvalue weighted by Gasteiger charge is -2.52. The fraction of sp³-hybridized carbons (Fsp3) is 0.632. The summed E-state index contributed by atoms with van der Waals surface area (Å²) in [6.07, 6.45) is 3.76. The standard InChI is InChI=1S/C19H28N8/c1-12-7-17(22-18-8-13(2)24-25-18)23-19(20-12)26-5-3-16(4-6-26)27-10-14-9-15(11-27)21-14/h7-8,14-16,21H,3-6,9-11H2,1-2H3,(H2,20,22,23,24,25). The predicted molar refractivity (Wildman–Crippen MR) is 106 cm³/mol. The molecule has 0 saturated carbocycles. The molecule has 0 spiro atoms. The average molecular weight is 368 g/mol. The fourth-order valence-corrected chi connectivity index (χ4v) is 4.65. The number of piperazine rings is 1. The Labute approximate surface area is 159 Å². The van der Waals surface area contributed by atoms with Crippen molar-refractivity contribution >= 4 is 17.6 Å². The topological polar surface area (TPSA) is 85.0 Å². The van der Waals surface area contributed by atoms with E-state index in [4.69, 9.17) is 4.98 Å². The maximum absolute atomic E-state index is 4.74. The lowest BCUT2D eigenvalue weighted by molar-refractivity contribution is 0.0374. The number of aromatic amines is 1. The Morgan fingerprint density at radius 1 is 1.04 bits per heavy atom. The molecular weight excluding hydrogens is 340 g/mol. The third kappa shape index (κ3) is 3.51. The van der Waals surface area contributed by atoms with Crippen LogP contribution in [0.4, 0.5) is 17.6 Å². The van der Waals surface area contributed by atoms with E-state index in [0.717, 1.165) is 54.1 Å². The van der Waals surface area contributed by atoms with Crippen molar-refractivity contribution in [1.82, 2.24) is 30.4 Å². The van der Waals surface area contributed by atoms with Gasteiger partial charge in [0, 0.05) is 67.8 Å². The summed E-state index contributed by atoms with van der Waals surface area (Å²) in [5.74, 6) is 2.41. The zero-order valence-corrected chi connectivity index (χ0v) is 16.1. The van der Waals surface area contributed by atoms with Gasteiger partial charge in [-0.25, -0.2) is 4.98 Å². The van der Waals surface area contributed by atoms with Gasteiger partial charge < -0.3 is 15.5 Å². The summed E-state index contributed by atoms with van der Waals surface area (Å²) in [7, 11) is 0. The Morgan fingerprint density at radius 2 is 1.78 bits per heavy atom. The summed E-state index contributed by atoms with van der Waals surface area (Å²) in [5, 5.41) is 14.1. The number of aryl methyl sites for hydroxylation is 2. The maximum atomic E-state index is 4.74. The molecule has 2 aromatic rings. The molecule has 0 aliphatic carbocycles. The van der Waals surface area contributed by atoms with E-state index in [1.807, 2.05) is 26.0 Å². The molecule has 2 unspecified atom stereocenters. The molecule has 4 aliphatic rings. The smallest absolute Gasteiger partial charge is 0.227 e. The third-order valence-electron chi connectivity index (χ3n) is 6.02. The summed E-state index contributed by atoms with van der Waals surface area (Å²) in [6, 6.07) is 6.12. The highest BCUT2D eigenvalue weighted by Gasteiger charge is 2.39. The van der Waals surface area contributed by atoms with Crippen molar-refractivity contribution in [1.29, 1.82) is 0 Å². The van der Waals surface area contributed by atoms with E-state index in [1.165, 1.54) is 32.4 Å². The lowest BCUT2D eigenvalue weighted by atomic mass is 9.89. The molecule has 27 heavy (non-hydrogen) atoms. The number of aromatic nitrogens is 4. The maximum Gasteiger partial charge on any atom is 0.227 e. The summed E-state index contributed by atoms with van der Waals surface area (Å²) >= 11 is 0. The van der Waals surface area contributed by atoms with Gasteiger partial charge in [0.15, 0.2) is 5.82 Å². The van der Waals surface area contributed by atoms with Gasteiger partial charge in [-0.1, -0.05) is 0 Å². The minimum atomic E-state index is 0.711. The molecular formula is C19H28N8. The number of piperidine rings is 2. The van der Waals surface area contributed by atoms with Gasteiger partial charge in [-0.2, -0.15) is 10.1 Å². The van der Waals surface area contributed by atoms with Gasteiger partial charge in [-0.3, -0.25) is 10.00 Å². The Kier molecular flexibility index (Phi) is 4.24. The first kappa shape index (κ1) is 16.9. The number of nitrogens with one attached hydrogen (secondary N) is 3. The Balaban J connectivity index is 1.24. The van der Waals surface area contributed by atoms with Crippen LogP contribution in [0, 0.1) is 13.8 Å². The number of rotatable bonds is 4. The third-order valence-corrected chi connectivity index (χ3v) is 6.02. The van der Waals surface area contributed by atoms with Crippen LogP contribution in [0.5, 0.6) is 0 Å². The lowest BCUT2D eigenvalue weighted by Crippen LogP contribution is -2.68. The van der Waals surface area contributed by atoms with Crippen LogP contribution >= 0.6 is 0 Å². The van der Waals surface area contributed by atoms with E-state index >= 15 is 0 Å². The SMILES string of the molecule is Cc1cc(Nc2cc(C)[nH]n2)nc(N2CCC(N3CC4CC(C3)N4)CC2)n1. The van der Waals surface area contributed by atoms with Crippen molar-refractivity contribution < 1.29 is 0 Å². The van der Waals surface area contributed by atoms with Gasteiger partial charge in [0.2, 0.25) is 5.95 Å². The van der Waals surface area contributed by atoms with Gasteiger partial charge in [-0.15, -0.1) is 0 Å². The van der Waals surface area contributed by atoms with Crippen molar-refractivity contribution in [3.63, 3.8) is 0 Å². The van der Waals surface area contributed by atoms with E-state index in [1.54, 1.807) is 0 Å². The monoisotopic (exact) mass is 368 g/mol. The van der Waals surface area contributed by atoms with E-state index < -0.39 is 0 Å². The van der Waals surface area contributed by atoms with Gasteiger partial charge >= 0.3 is 0 Å². The van der Waals surface area contributed by atoms with Crippen molar-refractivity contribution in [3.05, 3.63) is 23.5 Å². The Morgan fingerprint density at radius 3 is 2.44 bits per heavy atom. The predicted octanol–water partition coefficient (Wildman–Crippen LogP) is 1.58. The number of anilines is 3. The van der Waals surface area contributed by atoms with Crippen LogP contribution in [0.25, 0.3) is 0 Å². The Bertz CT molecular complexity index is 794. The first-order chi connectivity index (χ1) is 13.1. The molecule has 4 aliphatic heterocycles.